The van der Waals surface area contributed by atoms with Crippen LogP contribution in [0.25, 0.3) is 0 Å². The van der Waals surface area contributed by atoms with Gasteiger partial charge in [0.05, 0.1) is 0 Å². The summed E-state index contributed by atoms with van der Waals surface area (Å²) in [5, 5.41) is 2.79. The van der Waals surface area contributed by atoms with E-state index in [1.165, 1.54) is 12.1 Å². The summed E-state index contributed by atoms with van der Waals surface area (Å²) in [6.45, 7) is 3.20. The molecule has 0 aliphatic heterocycles. The third kappa shape index (κ3) is 4.18. The summed E-state index contributed by atoms with van der Waals surface area (Å²) in [7, 11) is 0. The molecule has 1 aromatic carbocycles. The molecule has 144 valence electrons. The number of Topliss-reactive ketones (excluding diaryl/α,β-unsaturated/α-hetero) is 1. The number of carbonyl (C=O) groups excluding carboxylic acids is 2. The van der Waals surface area contributed by atoms with Crippen LogP contribution in [-0.4, -0.2) is 23.3 Å². The first kappa shape index (κ1) is 19.1. The van der Waals surface area contributed by atoms with Crippen LogP contribution < -0.4 is 10.1 Å². The molecule has 7 heteroatoms. The summed E-state index contributed by atoms with van der Waals surface area (Å²) in [6.07, 6.45) is 1.18. The van der Waals surface area contributed by atoms with E-state index in [1.807, 2.05) is 13.8 Å². The smallest absolute Gasteiger partial charge is 0.387 e. The molecule has 2 N–H and O–H groups in total. The maximum Gasteiger partial charge on any atom is 0.387 e. The van der Waals surface area contributed by atoms with Gasteiger partial charge in [-0.15, -0.1) is 0 Å². The number of H-pyrrole nitrogens is 1. The standard InChI is InChI=1S/C20H22F2N2O3/c1-11-16-14(8-20(2,3)9-15(16)25)24-17(11)18(26)23-10-12-4-6-13(7-5-12)27-19(21)22/h4-7,19,24H,8-10H2,1-3H3,(H,23,26). The molecule has 2 aromatic rings. The molecule has 1 aliphatic rings. The highest BCUT2D eigenvalue weighted by Crippen LogP contribution is 2.36. The molecular weight excluding hydrogens is 354 g/mol. The summed E-state index contributed by atoms with van der Waals surface area (Å²) in [5.41, 5.74) is 3.13. The number of ketones is 1. The largest absolute Gasteiger partial charge is 0.435 e. The van der Waals surface area contributed by atoms with Crippen molar-refractivity contribution < 1.29 is 23.1 Å². The van der Waals surface area contributed by atoms with Crippen molar-refractivity contribution >= 4 is 11.7 Å². The molecular formula is C20H22F2N2O3. The van der Waals surface area contributed by atoms with Gasteiger partial charge in [-0.3, -0.25) is 9.59 Å². The van der Waals surface area contributed by atoms with Crippen LogP contribution in [-0.2, 0) is 13.0 Å². The summed E-state index contributed by atoms with van der Waals surface area (Å²) in [5.74, 6) is -0.182. The molecule has 3 rings (SSSR count). The summed E-state index contributed by atoms with van der Waals surface area (Å²) < 4.78 is 28.6. The zero-order chi connectivity index (χ0) is 19.8. The highest BCUT2D eigenvalue weighted by molar-refractivity contribution is 6.04. The molecule has 0 unspecified atom stereocenters. The predicted molar refractivity (Wildman–Crippen MR) is 96.2 cm³/mol. The molecule has 0 saturated carbocycles. The molecule has 0 bridgehead atoms. The minimum atomic E-state index is -2.87. The van der Waals surface area contributed by atoms with E-state index in [1.54, 1.807) is 19.1 Å². The Morgan fingerprint density at radius 3 is 2.56 bits per heavy atom. The van der Waals surface area contributed by atoms with Crippen LogP contribution in [0.1, 0.15) is 57.9 Å². The quantitative estimate of drug-likeness (QED) is 0.828. The maximum absolute atomic E-state index is 12.6. The molecule has 1 aromatic heterocycles. The Labute approximate surface area is 156 Å². The van der Waals surface area contributed by atoms with Gasteiger partial charge in [0, 0.05) is 24.2 Å². The lowest BCUT2D eigenvalue weighted by Crippen LogP contribution is -2.26. The molecule has 0 saturated heterocycles. The fourth-order valence-electron chi connectivity index (χ4n) is 3.52. The molecule has 27 heavy (non-hydrogen) atoms. The number of rotatable bonds is 5. The van der Waals surface area contributed by atoms with E-state index in [4.69, 9.17) is 0 Å². The summed E-state index contributed by atoms with van der Waals surface area (Å²) >= 11 is 0. The lowest BCUT2D eigenvalue weighted by atomic mass is 9.75. The van der Waals surface area contributed by atoms with Gasteiger partial charge in [0.15, 0.2) is 5.78 Å². The first-order chi connectivity index (χ1) is 12.7. The fraction of sp³-hybridized carbons (Fsp3) is 0.400. The number of aromatic amines is 1. The van der Waals surface area contributed by atoms with Gasteiger partial charge in [-0.1, -0.05) is 26.0 Å². The lowest BCUT2D eigenvalue weighted by molar-refractivity contribution is -0.0498. The average molecular weight is 376 g/mol. The predicted octanol–water partition coefficient (Wildman–Crippen LogP) is 4.01. The van der Waals surface area contributed by atoms with E-state index in [0.717, 1.165) is 11.3 Å². The van der Waals surface area contributed by atoms with Crippen LogP contribution in [0.3, 0.4) is 0 Å². The van der Waals surface area contributed by atoms with E-state index < -0.39 is 6.61 Å². The minimum Gasteiger partial charge on any atom is -0.435 e. The van der Waals surface area contributed by atoms with Crippen LogP contribution >= 0.6 is 0 Å². The SMILES string of the molecule is Cc1c(C(=O)NCc2ccc(OC(F)F)cc2)[nH]c2c1C(=O)CC(C)(C)C2. The third-order valence-corrected chi connectivity index (χ3v) is 4.73. The normalized spacial score (nSPS) is 15.6. The van der Waals surface area contributed by atoms with Crippen LogP contribution in [0, 0.1) is 12.3 Å². The minimum absolute atomic E-state index is 0.0590. The van der Waals surface area contributed by atoms with Gasteiger partial charge >= 0.3 is 6.61 Å². The number of alkyl halides is 2. The van der Waals surface area contributed by atoms with Crippen LogP contribution in [0.5, 0.6) is 5.75 Å². The topological polar surface area (TPSA) is 71.2 Å². The van der Waals surface area contributed by atoms with Crippen molar-refractivity contribution in [1.82, 2.24) is 10.3 Å². The van der Waals surface area contributed by atoms with Crippen molar-refractivity contribution in [3.8, 4) is 5.75 Å². The molecule has 0 fully saturated rings. The summed E-state index contributed by atoms with van der Waals surface area (Å²) in [6, 6.07) is 6.06. The van der Waals surface area contributed by atoms with Crippen LogP contribution in [0.2, 0.25) is 0 Å². The van der Waals surface area contributed by atoms with E-state index in [0.29, 0.717) is 29.7 Å². The van der Waals surface area contributed by atoms with Crippen LogP contribution in [0.15, 0.2) is 24.3 Å². The van der Waals surface area contributed by atoms with Gasteiger partial charge in [0.2, 0.25) is 0 Å². The zero-order valence-corrected chi connectivity index (χ0v) is 15.5. The number of aromatic nitrogens is 1. The van der Waals surface area contributed by atoms with Crippen molar-refractivity contribution in [2.24, 2.45) is 5.41 Å². The number of carbonyl (C=O) groups is 2. The van der Waals surface area contributed by atoms with Gasteiger partial charge in [0.25, 0.3) is 5.91 Å². The first-order valence-corrected chi connectivity index (χ1v) is 8.73. The van der Waals surface area contributed by atoms with E-state index in [2.05, 4.69) is 15.0 Å². The third-order valence-electron chi connectivity index (χ3n) is 4.73. The number of hydrogen-bond donors (Lipinski definition) is 2. The van der Waals surface area contributed by atoms with Crippen molar-refractivity contribution in [3.63, 3.8) is 0 Å². The molecule has 0 atom stereocenters. The van der Waals surface area contributed by atoms with E-state index in [-0.39, 0.29) is 29.4 Å². The number of fused-ring (bicyclic) bond motifs is 1. The van der Waals surface area contributed by atoms with Crippen molar-refractivity contribution in [2.75, 3.05) is 0 Å². The second-order valence-corrected chi connectivity index (χ2v) is 7.62. The van der Waals surface area contributed by atoms with Crippen LogP contribution in [0.4, 0.5) is 8.78 Å². The molecule has 1 amide bonds. The first-order valence-electron chi connectivity index (χ1n) is 8.73. The number of amides is 1. The van der Waals surface area contributed by atoms with Gasteiger partial charge in [-0.25, -0.2) is 0 Å². The highest BCUT2D eigenvalue weighted by Gasteiger charge is 2.35. The highest BCUT2D eigenvalue weighted by atomic mass is 19.3. The molecule has 0 spiro atoms. The molecule has 1 heterocycles. The lowest BCUT2D eigenvalue weighted by Gasteiger charge is -2.28. The molecule has 5 nitrogen and oxygen atoms in total. The molecule has 1 aliphatic carbocycles. The Bertz CT molecular complexity index is 870. The Hall–Kier alpha value is -2.70. The second-order valence-electron chi connectivity index (χ2n) is 7.62. The van der Waals surface area contributed by atoms with Gasteiger partial charge < -0.3 is 15.0 Å². The van der Waals surface area contributed by atoms with E-state index in [9.17, 15) is 18.4 Å². The van der Waals surface area contributed by atoms with Gasteiger partial charge in [-0.2, -0.15) is 8.78 Å². The Morgan fingerprint density at radius 2 is 1.93 bits per heavy atom. The van der Waals surface area contributed by atoms with Gasteiger partial charge in [0.1, 0.15) is 11.4 Å². The zero-order valence-electron chi connectivity index (χ0n) is 15.5. The number of benzene rings is 1. The van der Waals surface area contributed by atoms with Gasteiger partial charge in [-0.05, 0) is 42.0 Å². The average Bonchev–Trinajstić information content (AvgIpc) is 2.88. The molecule has 0 radical (unpaired) electrons. The number of ether oxygens (including phenoxy) is 1. The van der Waals surface area contributed by atoms with Crippen molar-refractivity contribution in [1.29, 1.82) is 0 Å². The summed E-state index contributed by atoms with van der Waals surface area (Å²) in [4.78, 5) is 28.1. The van der Waals surface area contributed by atoms with Crippen molar-refractivity contribution in [2.45, 2.75) is 46.8 Å². The Morgan fingerprint density at radius 1 is 1.26 bits per heavy atom. The fourth-order valence-corrected chi connectivity index (χ4v) is 3.52. The number of halogens is 2. The maximum atomic E-state index is 12.6. The second kappa shape index (κ2) is 7.13. The Balaban J connectivity index is 1.70. The van der Waals surface area contributed by atoms with E-state index >= 15 is 0 Å². The monoisotopic (exact) mass is 376 g/mol. The van der Waals surface area contributed by atoms with Crippen molar-refractivity contribution in [3.05, 3.63) is 52.3 Å². The number of nitrogens with one attached hydrogen (secondary N) is 2. The number of hydrogen-bond acceptors (Lipinski definition) is 3. The Kier molecular flexibility index (Phi) is 5.04.